The van der Waals surface area contributed by atoms with Crippen LogP contribution in [0.1, 0.15) is 31.2 Å². The van der Waals surface area contributed by atoms with Crippen molar-refractivity contribution >= 4 is 5.84 Å². The van der Waals surface area contributed by atoms with Gasteiger partial charge in [-0.2, -0.15) is 0 Å². The molecule has 1 aliphatic carbocycles. The summed E-state index contributed by atoms with van der Waals surface area (Å²) < 4.78 is 5.14. The van der Waals surface area contributed by atoms with E-state index in [1.807, 2.05) is 24.3 Å². The Morgan fingerprint density at radius 2 is 2.00 bits per heavy atom. The Morgan fingerprint density at radius 3 is 2.56 bits per heavy atom. The molecule has 0 aromatic heterocycles. The smallest absolute Gasteiger partial charge is 0.118 e. The van der Waals surface area contributed by atoms with Gasteiger partial charge in [0.2, 0.25) is 0 Å². The number of nitrogens with one attached hydrogen (secondary N) is 1. The van der Waals surface area contributed by atoms with Crippen molar-refractivity contribution in [1.29, 1.82) is 0 Å². The molecule has 0 aliphatic heterocycles. The van der Waals surface area contributed by atoms with E-state index in [-0.39, 0.29) is 0 Å². The fourth-order valence-corrected chi connectivity index (χ4v) is 2.32. The highest BCUT2D eigenvalue weighted by atomic mass is 16.5. The average Bonchev–Trinajstić information content (AvgIpc) is 2.91. The predicted octanol–water partition coefficient (Wildman–Crippen LogP) is 2.04. The van der Waals surface area contributed by atoms with E-state index >= 15 is 0 Å². The van der Waals surface area contributed by atoms with Crippen LogP contribution in [0, 0.1) is 0 Å². The topological polar surface area (TPSA) is 59.6 Å². The Balaban J connectivity index is 2.00. The van der Waals surface area contributed by atoms with Gasteiger partial charge in [-0.05, 0) is 30.5 Å². The molecule has 2 rings (SSSR count). The molecule has 1 aliphatic rings. The second-order valence-corrected chi connectivity index (χ2v) is 4.68. The van der Waals surface area contributed by atoms with Gasteiger partial charge in [-0.25, -0.2) is 5.84 Å². The number of aliphatic imine (C=N–C) groups is 1. The van der Waals surface area contributed by atoms with E-state index in [1.165, 1.54) is 31.2 Å². The molecule has 4 nitrogen and oxygen atoms in total. The van der Waals surface area contributed by atoms with Crippen LogP contribution in [0.15, 0.2) is 29.3 Å². The zero-order chi connectivity index (χ0) is 12.8. The Bertz CT molecular complexity index is 394. The first-order valence-corrected chi connectivity index (χ1v) is 6.48. The van der Waals surface area contributed by atoms with Crippen LogP contribution < -0.4 is 16.0 Å². The van der Waals surface area contributed by atoms with E-state index in [1.54, 1.807) is 7.11 Å². The summed E-state index contributed by atoms with van der Waals surface area (Å²) in [6, 6.07) is 8.45. The van der Waals surface area contributed by atoms with Gasteiger partial charge in [-0.1, -0.05) is 25.0 Å². The summed E-state index contributed by atoms with van der Waals surface area (Å²) in [4.78, 5) is 4.68. The molecule has 1 saturated carbocycles. The lowest BCUT2D eigenvalue weighted by Gasteiger charge is -2.10. The summed E-state index contributed by atoms with van der Waals surface area (Å²) >= 11 is 0. The number of ether oxygens (including phenoxy) is 1. The van der Waals surface area contributed by atoms with Gasteiger partial charge in [-0.15, -0.1) is 0 Å². The number of rotatable bonds is 4. The van der Waals surface area contributed by atoms with E-state index < -0.39 is 0 Å². The molecule has 98 valence electrons. The Morgan fingerprint density at radius 1 is 1.33 bits per heavy atom. The van der Waals surface area contributed by atoms with Crippen LogP contribution in [-0.4, -0.2) is 19.0 Å². The van der Waals surface area contributed by atoms with Gasteiger partial charge < -0.3 is 10.2 Å². The number of benzene rings is 1. The van der Waals surface area contributed by atoms with Crippen molar-refractivity contribution in [1.82, 2.24) is 5.43 Å². The van der Waals surface area contributed by atoms with E-state index in [4.69, 9.17) is 10.6 Å². The van der Waals surface area contributed by atoms with Crippen LogP contribution in [0.25, 0.3) is 0 Å². The standard InChI is InChI=1S/C14H21N3O/c1-18-13-8-6-11(7-9-13)10-14(17-15)16-12-4-2-3-5-12/h6-9,12H,2-5,10,15H2,1H3,(H,16,17). The number of nitrogens with zero attached hydrogens (tertiary/aromatic N) is 1. The van der Waals surface area contributed by atoms with Crippen molar-refractivity contribution in [3.8, 4) is 5.75 Å². The molecular formula is C14H21N3O. The minimum Gasteiger partial charge on any atom is -0.497 e. The first-order valence-electron chi connectivity index (χ1n) is 6.48. The number of hydrazine groups is 1. The van der Waals surface area contributed by atoms with E-state index in [0.29, 0.717) is 6.04 Å². The van der Waals surface area contributed by atoms with Gasteiger partial charge in [0, 0.05) is 6.42 Å². The third-order valence-electron chi connectivity index (χ3n) is 3.36. The summed E-state index contributed by atoms with van der Waals surface area (Å²) in [5.74, 6) is 7.29. The Labute approximate surface area is 108 Å². The normalized spacial score (nSPS) is 16.9. The summed E-state index contributed by atoms with van der Waals surface area (Å²) in [7, 11) is 1.67. The van der Waals surface area contributed by atoms with Gasteiger partial charge in [0.1, 0.15) is 11.6 Å². The number of methoxy groups -OCH3 is 1. The molecule has 0 bridgehead atoms. The summed E-state index contributed by atoms with van der Waals surface area (Å²) in [6.45, 7) is 0. The van der Waals surface area contributed by atoms with Gasteiger partial charge in [0.05, 0.1) is 13.2 Å². The molecule has 0 amide bonds. The van der Waals surface area contributed by atoms with Gasteiger partial charge >= 0.3 is 0 Å². The quantitative estimate of drug-likeness (QED) is 0.370. The SMILES string of the molecule is COc1ccc(CC(=NC2CCCC2)NN)cc1. The molecule has 0 saturated heterocycles. The number of hydrogen-bond donors (Lipinski definition) is 2. The average molecular weight is 247 g/mol. The fraction of sp³-hybridized carbons (Fsp3) is 0.500. The van der Waals surface area contributed by atoms with Crippen LogP contribution in [-0.2, 0) is 6.42 Å². The van der Waals surface area contributed by atoms with Gasteiger partial charge in [0.25, 0.3) is 0 Å². The maximum Gasteiger partial charge on any atom is 0.118 e. The van der Waals surface area contributed by atoms with E-state index in [0.717, 1.165) is 18.0 Å². The van der Waals surface area contributed by atoms with E-state index in [9.17, 15) is 0 Å². The summed E-state index contributed by atoms with van der Waals surface area (Å²) in [5.41, 5.74) is 3.91. The predicted molar refractivity (Wildman–Crippen MR) is 73.7 cm³/mol. The highest BCUT2D eigenvalue weighted by Crippen LogP contribution is 2.21. The van der Waals surface area contributed by atoms with Gasteiger partial charge in [-0.3, -0.25) is 4.99 Å². The minimum atomic E-state index is 0.453. The van der Waals surface area contributed by atoms with Crippen LogP contribution in [0.2, 0.25) is 0 Å². The maximum atomic E-state index is 5.55. The number of nitrogens with two attached hydrogens (primary N) is 1. The molecule has 0 atom stereocenters. The van der Waals surface area contributed by atoms with Crippen molar-refractivity contribution in [2.75, 3.05) is 7.11 Å². The number of amidine groups is 1. The monoisotopic (exact) mass is 247 g/mol. The van der Waals surface area contributed by atoms with Crippen molar-refractivity contribution in [2.24, 2.45) is 10.8 Å². The van der Waals surface area contributed by atoms with Crippen molar-refractivity contribution in [3.63, 3.8) is 0 Å². The van der Waals surface area contributed by atoms with E-state index in [2.05, 4.69) is 10.4 Å². The highest BCUT2D eigenvalue weighted by molar-refractivity contribution is 5.84. The minimum absolute atomic E-state index is 0.453. The van der Waals surface area contributed by atoms with Crippen LogP contribution in [0.3, 0.4) is 0 Å². The lowest BCUT2D eigenvalue weighted by atomic mass is 10.1. The van der Waals surface area contributed by atoms with Gasteiger partial charge in [0.15, 0.2) is 0 Å². The van der Waals surface area contributed by atoms with Crippen molar-refractivity contribution in [3.05, 3.63) is 29.8 Å². The van der Waals surface area contributed by atoms with Crippen molar-refractivity contribution < 1.29 is 4.74 Å². The lowest BCUT2D eigenvalue weighted by molar-refractivity contribution is 0.414. The molecule has 0 spiro atoms. The van der Waals surface area contributed by atoms with Crippen LogP contribution in [0.4, 0.5) is 0 Å². The number of hydrogen-bond acceptors (Lipinski definition) is 3. The molecule has 4 heteroatoms. The molecule has 0 unspecified atom stereocenters. The molecule has 3 N–H and O–H groups in total. The zero-order valence-corrected chi connectivity index (χ0v) is 10.9. The zero-order valence-electron chi connectivity index (χ0n) is 10.9. The van der Waals surface area contributed by atoms with Crippen molar-refractivity contribution in [2.45, 2.75) is 38.1 Å². The summed E-state index contributed by atoms with van der Waals surface area (Å²) in [5, 5.41) is 0. The second kappa shape index (κ2) is 6.40. The fourth-order valence-electron chi connectivity index (χ4n) is 2.32. The Hall–Kier alpha value is -1.55. The summed E-state index contributed by atoms with van der Waals surface area (Å²) in [6.07, 6.45) is 5.70. The maximum absolute atomic E-state index is 5.55. The third-order valence-corrected chi connectivity index (χ3v) is 3.36. The van der Waals surface area contributed by atoms with Crippen LogP contribution in [0.5, 0.6) is 5.75 Å². The largest absolute Gasteiger partial charge is 0.497 e. The lowest BCUT2D eigenvalue weighted by Crippen LogP contribution is -2.33. The molecule has 0 heterocycles. The highest BCUT2D eigenvalue weighted by Gasteiger charge is 2.14. The molecular weight excluding hydrogens is 226 g/mol. The molecule has 1 aromatic rings. The third kappa shape index (κ3) is 3.47. The first kappa shape index (κ1) is 12.9. The molecule has 1 aromatic carbocycles. The molecule has 0 radical (unpaired) electrons. The molecule has 1 fully saturated rings. The Kier molecular flexibility index (Phi) is 4.59. The molecule has 18 heavy (non-hydrogen) atoms. The van der Waals surface area contributed by atoms with Crippen LogP contribution >= 0.6 is 0 Å². The second-order valence-electron chi connectivity index (χ2n) is 4.68. The first-order chi connectivity index (χ1) is 8.81.